The molecule has 0 aromatic heterocycles. The van der Waals surface area contributed by atoms with Crippen molar-refractivity contribution in [2.75, 3.05) is 25.1 Å². The van der Waals surface area contributed by atoms with Crippen LogP contribution in [0.3, 0.4) is 0 Å². The summed E-state index contributed by atoms with van der Waals surface area (Å²) >= 11 is 0. The number of sulfonamides is 1. The van der Waals surface area contributed by atoms with Gasteiger partial charge < -0.3 is 14.8 Å². The predicted molar refractivity (Wildman–Crippen MR) is 138 cm³/mol. The van der Waals surface area contributed by atoms with Crippen LogP contribution in [0.4, 0.5) is 10.1 Å². The Bertz CT molecular complexity index is 1340. The molecule has 7 nitrogen and oxygen atoms in total. The Kier molecular flexibility index (Phi) is 8.57. The van der Waals surface area contributed by atoms with E-state index in [-0.39, 0.29) is 22.4 Å². The maximum atomic E-state index is 14.8. The summed E-state index contributed by atoms with van der Waals surface area (Å²) in [6, 6.07) is 15.1. The first-order valence-corrected chi connectivity index (χ1v) is 12.9. The van der Waals surface area contributed by atoms with E-state index in [1.165, 1.54) is 50.6 Å². The number of nitrogens with one attached hydrogen (secondary N) is 1. The van der Waals surface area contributed by atoms with Crippen molar-refractivity contribution in [3.63, 3.8) is 0 Å². The summed E-state index contributed by atoms with van der Waals surface area (Å²) in [5, 5.41) is 2.92. The van der Waals surface area contributed by atoms with Crippen molar-refractivity contribution >= 4 is 21.6 Å². The zero-order chi connectivity index (χ0) is 26.5. The molecular weight excluding hydrogens is 483 g/mol. The minimum atomic E-state index is -4.35. The fourth-order valence-electron chi connectivity index (χ4n) is 4.04. The monoisotopic (exact) mass is 514 g/mol. The number of para-hydroxylation sites is 1. The number of aryl methyl sites for hydroxylation is 2. The van der Waals surface area contributed by atoms with Gasteiger partial charge in [-0.3, -0.25) is 9.10 Å². The van der Waals surface area contributed by atoms with Gasteiger partial charge in [0, 0.05) is 6.07 Å². The largest absolute Gasteiger partial charge is 0.493 e. The zero-order valence-electron chi connectivity index (χ0n) is 21.0. The summed E-state index contributed by atoms with van der Waals surface area (Å²) in [6.45, 7) is 5.27. The summed E-state index contributed by atoms with van der Waals surface area (Å²) in [6.07, 6.45) is 0.595. The van der Waals surface area contributed by atoms with E-state index in [1.54, 1.807) is 0 Å². The Morgan fingerprint density at radius 1 is 1.00 bits per heavy atom. The zero-order valence-corrected chi connectivity index (χ0v) is 21.9. The first kappa shape index (κ1) is 27.0. The molecule has 3 rings (SSSR count). The van der Waals surface area contributed by atoms with Crippen molar-refractivity contribution < 1.29 is 27.1 Å². The first-order valence-electron chi connectivity index (χ1n) is 11.5. The molecular formula is C27H31FN2O5S. The standard InChI is InChI=1S/C27H31FN2O5S/c1-6-23(21-13-11-18(2)15-19(21)3)29-27(31)17-30(24-10-8-7-9-22(24)28)36(32,33)20-12-14-25(34-4)26(16-20)35-5/h7-16,23H,6,17H2,1-5H3,(H,29,31). The SMILES string of the molecule is CCC(NC(=O)CN(c1ccccc1F)S(=O)(=O)c1ccc(OC)c(OC)c1)c1ccc(C)cc1C. The van der Waals surface area contributed by atoms with E-state index in [0.29, 0.717) is 12.2 Å². The number of hydrogen-bond donors (Lipinski definition) is 1. The highest BCUT2D eigenvalue weighted by Gasteiger charge is 2.30. The van der Waals surface area contributed by atoms with Crippen molar-refractivity contribution in [2.24, 2.45) is 0 Å². The van der Waals surface area contributed by atoms with Gasteiger partial charge in [0.2, 0.25) is 5.91 Å². The second kappa shape index (κ2) is 11.4. The third-order valence-corrected chi connectivity index (χ3v) is 7.65. The van der Waals surface area contributed by atoms with Gasteiger partial charge in [-0.15, -0.1) is 0 Å². The molecule has 192 valence electrons. The summed E-state index contributed by atoms with van der Waals surface area (Å²) in [5.41, 5.74) is 2.83. The normalized spacial score (nSPS) is 12.1. The maximum Gasteiger partial charge on any atom is 0.265 e. The van der Waals surface area contributed by atoms with Gasteiger partial charge in [-0.1, -0.05) is 42.8 Å². The van der Waals surface area contributed by atoms with E-state index in [0.717, 1.165) is 27.1 Å². The Morgan fingerprint density at radius 3 is 2.31 bits per heavy atom. The van der Waals surface area contributed by atoms with Gasteiger partial charge in [0.25, 0.3) is 10.0 Å². The molecule has 0 bridgehead atoms. The van der Waals surface area contributed by atoms with Crippen LogP contribution in [0.15, 0.2) is 65.6 Å². The van der Waals surface area contributed by atoms with Crippen molar-refractivity contribution in [3.05, 3.63) is 83.2 Å². The van der Waals surface area contributed by atoms with Crippen LogP contribution in [0.25, 0.3) is 0 Å². The van der Waals surface area contributed by atoms with Crippen molar-refractivity contribution in [3.8, 4) is 11.5 Å². The number of rotatable bonds is 10. The van der Waals surface area contributed by atoms with Crippen LogP contribution in [-0.2, 0) is 14.8 Å². The number of benzene rings is 3. The van der Waals surface area contributed by atoms with Gasteiger partial charge in [-0.25, -0.2) is 12.8 Å². The van der Waals surface area contributed by atoms with E-state index in [9.17, 15) is 17.6 Å². The lowest BCUT2D eigenvalue weighted by atomic mass is 9.97. The Hall–Kier alpha value is -3.59. The molecule has 0 heterocycles. The van der Waals surface area contributed by atoms with Gasteiger partial charge in [-0.05, 0) is 55.7 Å². The van der Waals surface area contributed by atoms with Gasteiger partial charge >= 0.3 is 0 Å². The topological polar surface area (TPSA) is 84.9 Å². The Balaban J connectivity index is 1.98. The van der Waals surface area contributed by atoms with Gasteiger partial charge in [0.15, 0.2) is 11.5 Å². The number of methoxy groups -OCH3 is 2. The highest BCUT2D eigenvalue weighted by atomic mass is 32.2. The molecule has 1 unspecified atom stereocenters. The lowest BCUT2D eigenvalue weighted by molar-refractivity contribution is -0.120. The fraction of sp³-hybridized carbons (Fsp3) is 0.296. The molecule has 0 radical (unpaired) electrons. The van der Waals surface area contributed by atoms with E-state index >= 15 is 0 Å². The quantitative estimate of drug-likeness (QED) is 0.415. The molecule has 0 aliphatic heterocycles. The molecule has 0 aliphatic carbocycles. The summed E-state index contributed by atoms with van der Waals surface area (Å²) in [5.74, 6) is -0.798. The molecule has 0 saturated carbocycles. The first-order chi connectivity index (χ1) is 17.1. The van der Waals surface area contributed by atoms with Crippen molar-refractivity contribution in [1.82, 2.24) is 5.32 Å². The van der Waals surface area contributed by atoms with Gasteiger partial charge in [0.1, 0.15) is 12.4 Å². The number of carbonyl (C=O) groups is 1. The van der Waals surface area contributed by atoms with E-state index < -0.39 is 28.3 Å². The smallest absolute Gasteiger partial charge is 0.265 e. The average Bonchev–Trinajstić information content (AvgIpc) is 2.86. The molecule has 1 amide bonds. The van der Waals surface area contributed by atoms with E-state index in [4.69, 9.17) is 9.47 Å². The third-order valence-electron chi connectivity index (χ3n) is 5.90. The highest BCUT2D eigenvalue weighted by molar-refractivity contribution is 7.92. The summed E-state index contributed by atoms with van der Waals surface area (Å²) in [7, 11) is -1.54. The lowest BCUT2D eigenvalue weighted by Gasteiger charge is -2.26. The molecule has 3 aromatic rings. The molecule has 9 heteroatoms. The van der Waals surface area contributed by atoms with Crippen molar-refractivity contribution in [1.29, 1.82) is 0 Å². The number of hydrogen-bond acceptors (Lipinski definition) is 5. The number of nitrogens with zero attached hydrogens (tertiary/aromatic N) is 1. The lowest BCUT2D eigenvalue weighted by Crippen LogP contribution is -2.42. The molecule has 1 N–H and O–H groups in total. The van der Waals surface area contributed by atoms with Crippen molar-refractivity contribution in [2.45, 2.75) is 38.1 Å². The highest BCUT2D eigenvalue weighted by Crippen LogP contribution is 2.33. The van der Waals surface area contributed by atoms with Gasteiger partial charge in [0.05, 0.1) is 30.8 Å². The minimum absolute atomic E-state index is 0.169. The van der Waals surface area contributed by atoms with Crippen LogP contribution < -0.4 is 19.1 Å². The van der Waals surface area contributed by atoms with Crippen LogP contribution in [0.1, 0.15) is 36.1 Å². The molecule has 0 spiro atoms. The Labute approximate surface area is 211 Å². The summed E-state index contributed by atoms with van der Waals surface area (Å²) in [4.78, 5) is 13.0. The number of halogens is 1. The second-order valence-corrected chi connectivity index (χ2v) is 10.2. The number of anilines is 1. The van der Waals surface area contributed by atoms with Crippen LogP contribution in [0, 0.1) is 19.7 Å². The minimum Gasteiger partial charge on any atom is -0.493 e. The van der Waals surface area contributed by atoms with Gasteiger partial charge in [-0.2, -0.15) is 0 Å². The molecule has 1 atom stereocenters. The number of amides is 1. The van der Waals surface area contributed by atoms with Crippen LogP contribution in [0.2, 0.25) is 0 Å². The van der Waals surface area contributed by atoms with Crippen LogP contribution >= 0.6 is 0 Å². The average molecular weight is 515 g/mol. The molecule has 0 saturated heterocycles. The molecule has 0 aliphatic rings. The predicted octanol–water partition coefficient (Wildman–Crippen LogP) is 4.92. The van der Waals surface area contributed by atoms with Crippen LogP contribution in [-0.4, -0.2) is 35.1 Å². The second-order valence-electron chi connectivity index (χ2n) is 8.37. The van der Waals surface area contributed by atoms with Crippen LogP contribution in [0.5, 0.6) is 11.5 Å². The van der Waals surface area contributed by atoms with E-state index in [1.807, 2.05) is 39.0 Å². The third kappa shape index (κ3) is 5.79. The summed E-state index contributed by atoms with van der Waals surface area (Å²) < 4.78 is 53.4. The number of carbonyl (C=O) groups excluding carboxylic acids is 1. The molecule has 0 fully saturated rings. The molecule has 3 aromatic carbocycles. The number of ether oxygens (including phenoxy) is 2. The Morgan fingerprint density at radius 2 is 1.69 bits per heavy atom. The molecule has 36 heavy (non-hydrogen) atoms. The maximum absolute atomic E-state index is 14.8. The fourth-order valence-corrected chi connectivity index (χ4v) is 5.49. The van der Waals surface area contributed by atoms with E-state index in [2.05, 4.69) is 5.32 Å².